The SMILES string of the molecule is Cc1cc(I)cc(Cl)c1N.Cc1cccc(Cl)c1N. The first kappa shape index (κ1) is 16.4. The van der Waals surface area contributed by atoms with Crippen LogP contribution in [0.3, 0.4) is 0 Å². The van der Waals surface area contributed by atoms with E-state index in [4.69, 9.17) is 34.7 Å². The van der Waals surface area contributed by atoms with Gasteiger partial charge in [-0.05, 0) is 65.8 Å². The van der Waals surface area contributed by atoms with E-state index in [-0.39, 0.29) is 0 Å². The molecule has 0 aromatic heterocycles. The van der Waals surface area contributed by atoms with Crippen molar-refractivity contribution in [1.29, 1.82) is 0 Å². The van der Waals surface area contributed by atoms with Gasteiger partial charge in [0.15, 0.2) is 0 Å². The number of hydrogen-bond acceptors (Lipinski definition) is 2. The van der Waals surface area contributed by atoms with Gasteiger partial charge in [-0.15, -0.1) is 0 Å². The summed E-state index contributed by atoms with van der Waals surface area (Å²) < 4.78 is 1.12. The molecule has 0 bridgehead atoms. The van der Waals surface area contributed by atoms with Crippen molar-refractivity contribution in [3.8, 4) is 0 Å². The van der Waals surface area contributed by atoms with Crippen LogP contribution in [0.25, 0.3) is 0 Å². The Morgan fingerprint density at radius 3 is 1.95 bits per heavy atom. The fraction of sp³-hybridized carbons (Fsp3) is 0.143. The molecule has 0 aliphatic heterocycles. The standard InChI is InChI=1S/C7H7ClIN.C7H8ClN/c1-4-2-5(9)3-6(8)7(4)10;1-5-3-2-4-6(8)7(5)9/h2-3H,10H2,1H3;2-4H,9H2,1H3. The minimum Gasteiger partial charge on any atom is -0.397 e. The molecule has 2 rings (SSSR count). The molecule has 5 heteroatoms. The molecule has 0 atom stereocenters. The van der Waals surface area contributed by atoms with Crippen molar-refractivity contribution in [2.75, 3.05) is 11.5 Å². The summed E-state index contributed by atoms with van der Waals surface area (Å²) in [6.45, 7) is 3.88. The van der Waals surface area contributed by atoms with Crippen molar-refractivity contribution in [3.63, 3.8) is 0 Å². The monoisotopic (exact) mass is 408 g/mol. The average molecular weight is 409 g/mol. The zero-order chi connectivity index (χ0) is 14.6. The van der Waals surface area contributed by atoms with Crippen molar-refractivity contribution in [2.45, 2.75) is 13.8 Å². The first-order chi connectivity index (χ1) is 8.82. The fourth-order valence-electron chi connectivity index (χ4n) is 1.36. The Bertz CT molecular complexity index is 542. The van der Waals surface area contributed by atoms with Gasteiger partial charge < -0.3 is 11.5 Å². The second-order valence-corrected chi connectivity index (χ2v) is 6.15. The Hall–Kier alpha value is -0.650. The maximum Gasteiger partial charge on any atom is 0.0648 e. The van der Waals surface area contributed by atoms with Gasteiger partial charge in [0.1, 0.15) is 0 Å². The maximum atomic E-state index is 5.79. The van der Waals surface area contributed by atoms with E-state index in [1.807, 2.05) is 38.1 Å². The highest BCUT2D eigenvalue weighted by Gasteiger charge is 1.99. The molecular formula is C14H15Cl2IN2. The van der Waals surface area contributed by atoms with Gasteiger partial charge in [0.05, 0.1) is 21.4 Å². The summed E-state index contributed by atoms with van der Waals surface area (Å²) in [5.74, 6) is 0. The van der Waals surface area contributed by atoms with Gasteiger partial charge in [0, 0.05) is 3.57 Å². The molecule has 0 radical (unpaired) electrons. The summed E-state index contributed by atoms with van der Waals surface area (Å²) >= 11 is 13.7. The van der Waals surface area contributed by atoms with Crippen LogP contribution in [0.15, 0.2) is 30.3 Å². The lowest BCUT2D eigenvalue weighted by molar-refractivity contribution is 1.45. The third-order valence-corrected chi connectivity index (χ3v) is 3.84. The van der Waals surface area contributed by atoms with Crippen molar-refractivity contribution in [3.05, 3.63) is 55.1 Å². The second-order valence-electron chi connectivity index (χ2n) is 4.09. The van der Waals surface area contributed by atoms with E-state index in [1.54, 1.807) is 6.07 Å². The lowest BCUT2D eigenvalue weighted by Gasteiger charge is -2.01. The van der Waals surface area contributed by atoms with Crippen LogP contribution < -0.4 is 11.5 Å². The molecule has 2 nitrogen and oxygen atoms in total. The van der Waals surface area contributed by atoms with Gasteiger partial charge >= 0.3 is 0 Å². The molecule has 0 saturated carbocycles. The van der Waals surface area contributed by atoms with Crippen LogP contribution in [0.1, 0.15) is 11.1 Å². The minimum absolute atomic E-state index is 0.634. The molecule has 102 valence electrons. The van der Waals surface area contributed by atoms with Gasteiger partial charge in [0.2, 0.25) is 0 Å². The molecule has 0 unspecified atom stereocenters. The zero-order valence-electron chi connectivity index (χ0n) is 10.7. The molecule has 19 heavy (non-hydrogen) atoms. The Kier molecular flexibility index (Phi) is 6.23. The number of rotatable bonds is 0. The summed E-state index contributed by atoms with van der Waals surface area (Å²) in [6.07, 6.45) is 0. The molecule has 0 fully saturated rings. The Morgan fingerprint density at radius 1 is 0.895 bits per heavy atom. The maximum absolute atomic E-state index is 5.79. The van der Waals surface area contributed by atoms with Crippen molar-refractivity contribution >= 4 is 57.2 Å². The van der Waals surface area contributed by atoms with Gasteiger partial charge in [-0.1, -0.05) is 35.3 Å². The lowest BCUT2D eigenvalue weighted by Crippen LogP contribution is -1.90. The smallest absolute Gasteiger partial charge is 0.0648 e. The number of nitrogens with two attached hydrogens (primary N) is 2. The van der Waals surface area contributed by atoms with Crippen LogP contribution in [0.5, 0.6) is 0 Å². The molecule has 0 aliphatic carbocycles. The Morgan fingerprint density at radius 2 is 1.47 bits per heavy atom. The third kappa shape index (κ3) is 4.75. The summed E-state index contributed by atoms with van der Waals surface area (Å²) in [6, 6.07) is 9.45. The predicted molar refractivity (Wildman–Crippen MR) is 93.9 cm³/mol. The van der Waals surface area contributed by atoms with E-state index in [0.29, 0.717) is 21.4 Å². The molecular weight excluding hydrogens is 394 g/mol. The van der Waals surface area contributed by atoms with Crippen molar-refractivity contribution in [2.24, 2.45) is 0 Å². The van der Waals surface area contributed by atoms with E-state index in [1.165, 1.54) is 0 Å². The number of nitrogen functional groups attached to an aromatic ring is 2. The third-order valence-electron chi connectivity index (χ3n) is 2.57. The molecule has 4 N–H and O–H groups in total. The summed E-state index contributed by atoms with van der Waals surface area (Å²) in [5.41, 5.74) is 14.6. The normalized spacial score (nSPS) is 9.74. The quantitative estimate of drug-likeness (QED) is 0.472. The van der Waals surface area contributed by atoms with Crippen LogP contribution in [0.4, 0.5) is 11.4 Å². The van der Waals surface area contributed by atoms with Crippen LogP contribution in [0, 0.1) is 17.4 Å². The first-order valence-electron chi connectivity index (χ1n) is 5.54. The van der Waals surface area contributed by atoms with Crippen LogP contribution in [-0.2, 0) is 0 Å². The second kappa shape index (κ2) is 7.22. The van der Waals surface area contributed by atoms with Crippen molar-refractivity contribution in [1.82, 2.24) is 0 Å². The number of benzene rings is 2. The highest BCUT2D eigenvalue weighted by Crippen LogP contribution is 2.24. The van der Waals surface area contributed by atoms with E-state index in [2.05, 4.69) is 22.6 Å². The van der Waals surface area contributed by atoms with E-state index in [9.17, 15) is 0 Å². The molecule has 0 heterocycles. The van der Waals surface area contributed by atoms with Gasteiger partial charge in [-0.3, -0.25) is 0 Å². The van der Waals surface area contributed by atoms with E-state index < -0.39 is 0 Å². The first-order valence-corrected chi connectivity index (χ1v) is 7.38. The number of aryl methyl sites for hydroxylation is 2. The fourth-order valence-corrected chi connectivity index (χ4v) is 2.81. The molecule has 0 aliphatic rings. The predicted octanol–water partition coefficient (Wildman–Crippen LogP) is 5.07. The Labute approximate surface area is 137 Å². The number of hydrogen-bond donors (Lipinski definition) is 2. The highest BCUT2D eigenvalue weighted by molar-refractivity contribution is 14.1. The topological polar surface area (TPSA) is 52.0 Å². The van der Waals surface area contributed by atoms with Gasteiger partial charge in [-0.25, -0.2) is 0 Å². The Balaban J connectivity index is 0.000000191. The number of para-hydroxylation sites is 1. The molecule has 0 saturated heterocycles. The van der Waals surface area contributed by atoms with Crippen LogP contribution in [-0.4, -0.2) is 0 Å². The van der Waals surface area contributed by atoms with E-state index in [0.717, 1.165) is 14.7 Å². The van der Waals surface area contributed by atoms with Crippen molar-refractivity contribution < 1.29 is 0 Å². The van der Waals surface area contributed by atoms with Crippen LogP contribution >= 0.6 is 45.8 Å². The average Bonchev–Trinajstić information content (AvgIpc) is 2.33. The van der Waals surface area contributed by atoms with Gasteiger partial charge in [-0.2, -0.15) is 0 Å². The molecule has 2 aromatic carbocycles. The van der Waals surface area contributed by atoms with Gasteiger partial charge in [0.25, 0.3) is 0 Å². The highest BCUT2D eigenvalue weighted by atomic mass is 127. The molecule has 0 spiro atoms. The minimum atomic E-state index is 0.634. The zero-order valence-corrected chi connectivity index (χ0v) is 14.3. The number of anilines is 2. The molecule has 0 amide bonds. The molecule has 2 aromatic rings. The number of halogens is 3. The lowest BCUT2D eigenvalue weighted by atomic mass is 10.2. The summed E-state index contributed by atoms with van der Waals surface area (Å²) in [4.78, 5) is 0. The van der Waals surface area contributed by atoms with Crippen LogP contribution in [0.2, 0.25) is 10.0 Å². The summed E-state index contributed by atoms with van der Waals surface area (Å²) in [5, 5.41) is 1.28. The van der Waals surface area contributed by atoms with E-state index >= 15 is 0 Å². The largest absolute Gasteiger partial charge is 0.397 e. The summed E-state index contributed by atoms with van der Waals surface area (Å²) in [7, 11) is 0.